The summed E-state index contributed by atoms with van der Waals surface area (Å²) >= 11 is 0. The van der Waals surface area contributed by atoms with E-state index in [4.69, 9.17) is 15.6 Å². The molecule has 2 aliphatic heterocycles. The van der Waals surface area contributed by atoms with E-state index in [1.54, 1.807) is 0 Å². The molecular formula is C21H28N6O. The predicted molar refractivity (Wildman–Crippen MR) is 108 cm³/mol. The van der Waals surface area contributed by atoms with Gasteiger partial charge in [0.25, 0.3) is 0 Å². The van der Waals surface area contributed by atoms with Crippen LogP contribution in [0.5, 0.6) is 0 Å². The third-order valence-electron chi connectivity index (χ3n) is 5.85. The summed E-state index contributed by atoms with van der Waals surface area (Å²) in [6.07, 6.45) is 2.83. The number of ether oxygens (including phenoxy) is 1. The molecule has 1 unspecified atom stereocenters. The van der Waals surface area contributed by atoms with Gasteiger partial charge in [-0.1, -0.05) is 0 Å². The third kappa shape index (κ3) is 3.38. The fraction of sp³-hybridized carbons (Fsp3) is 0.571. The monoisotopic (exact) mass is 380 g/mol. The Kier molecular flexibility index (Phi) is 4.86. The number of aryl methyl sites for hydroxylation is 1. The Morgan fingerprint density at radius 3 is 3.00 bits per heavy atom. The number of rotatable bonds is 2. The standard InChI is InChI=1S/C21H28N6O/c1-13-18(17-9-15-12-24-6-4-7-27(15)26-17)16(11-22)20(23)25-19(13)14-5-8-28-21(2,3)10-14/h9,14,24H,4-8,10,12H2,1-3H3,(H2,23,25). The molecule has 0 aromatic carbocycles. The van der Waals surface area contributed by atoms with E-state index in [1.807, 2.05) is 11.6 Å². The lowest BCUT2D eigenvalue weighted by Crippen LogP contribution is -2.33. The Morgan fingerprint density at radius 1 is 1.43 bits per heavy atom. The second-order valence-corrected chi connectivity index (χ2v) is 8.44. The van der Waals surface area contributed by atoms with E-state index in [0.717, 1.165) is 67.1 Å². The number of fused-ring (bicyclic) bond motifs is 1. The lowest BCUT2D eigenvalue weighted by molar-refractivity contribution is -0.0598. The minimum absolute atomic E-state index is 0.183. The average molecular weight is 380 g/mol. The van der Waals surface area contributed by atoms with Crippen molar-refractivity contribution >= 4 is 5.82 Å². The minimum atomic E-state index is -0.183. The first kappa shape index (κ1) is 18.9. The molecule has 0 amide bonds. The molecule has 0 radical (unpaired) electrons. The number of anilines is 1. The lowest BCUT2D eigenvalue weighted by atomic mass is 9.83. The molecule has 2 aromatic heterocycles. The van der Waals surface area contributed by atoms with Gasteiger partial charge in [0.1, 0.15) is 17.5 Å². The Balaban J connectivity index is 1.83. The van der Waals surface area contributed by atoms with Crippen LogP contribution in [0, 0.1) is 18.3 Å². The van der Waals surface area contributed by atoms with Crippen LogP contribution >= 0.6 is 0 Å². The number of hydrogen-bond acceptors (Lipinski definition) is 6. The highest BCUT2D eigenvalue weighted by molar-refractivity contribution is 5.77. The molecule has 0 bridgehead atoms. The smallest absolute Gasteiger partial charge is 0.142 e. The highest BCUT2D eigenvalue weighted by Crippen LogP contribution is 2.40. The zero-order valence-corrected chi connectivity index (χ0v) is 16.9. The molecule has 1 saturated heterocycles. The van der Waals surface area contributed by atoms with Gasteiger partial charge in [-0.05, 0) is 58.2 Å². The SMILES string of the molecule is Cc1c(C2CCOC(C)(C)C2)nc(N)c(C#N)c1-c1cc2n(n1)CCCNC2. The number of nitrogens with two attached hydrogens (primary N) is 1. The maximum absolute atomic E-state index is 9.78. The van der Waals surface area contributed by atoms with Gasteiger partial charge in [0.15, 0.2) is 0 Å². The second kappa shape index (κ2) is 7.19. The van der Waals surface area contributed by atoms with Crippen LogP contribution in [0.15, 0.2) is 6.07 Å². The van der Waals surface area contributed by atoms with Gasteiger partial charge < -0.3 is 15.8 Å². The Labute approximate surface area is 165 Å². The Bertz CT molecular complexity index is 916. The summed E-state index contributed by atoms with van der Waals surface area (Å²) in [7, 11) is 0. The third-order valence-corrected chi connectivity index (χ3v) is 5.85. The van der Waals surface area contributed by atoms with Crippen molar-refractivity contribution in [3.8, 4) is 17.3 Å². The first-order chi connectivity index (χ1) is 13.4. The molecule has 148 valence electrons. The number of nitrogen functional groups attached to an aromatic ring is 1. The normalized spacial score (nSPS) is 21.6. The van der Waals surface area contributed by atoms with Crippen LogP contribution in [0.3, 0.4) is 0 Å². The Morgan fingerprint density at radius 2 is 2.25 bits per heavy atom. The first-order valence-corrected chi connectivity index (χ1v) is 10.0. The van der Waals surface area contributed by atoms with Crippen LogP contribution in [0.4, 0.5) is 5.82 Å². The molecule has 1 fully saturated rings. The number of pyridine rings is 1. The molecule has 7 heteroatoms. The molecule has 2 aromatic rings. The van der Waals surface area contributed by atoms with Crippen LogP contribution in [-0.4, -0.2) is 33.5 Å². The topological polar surface area (TPSA) is 102 Å². The van der Waals surface area contributed by atoms with Gasteiger partial charge >= 0.3 is 0 Å². The van der Waals surface area contributed by atoms with E-state index in [2.05, 4.69) is 36.3 Å². The molecular weight excluding hydrogens is 352 g/mol. The molecule has 1 atom stereocenters. The van der Waals surface area contributed by atoms with E-state index in [9.17, 15) is 5.26 Å². The molecule has 7 nitrogen and oxygen atoms in total. The molecule has 0 aliphatic carbocycles. The predicted octanol–water partition coefficient (Wildman–Crippen LogP) is 2.87. The number of nitrogens with zero attached hydrogens (tertiary/aromatic N) is 4. The fourth-order valence-corrected chi connectivity index (χ4v) is 4.49. The highest BCUT2D eigenvalue weighted by atomic mass is 16.5. The van der Waals surface area contributed by atoms with Crippen molar-refractivity contribution < 1.29 is 4.74 Å². The van der Waals surface area contributed by atoms with Crippen molar-refractivity contribution in [3.05, 3.63) is 28.6 Å². The summed E-state index contributed by atoms with van der Waals surface area (Å²) in [5.74, 6) is 0.559. The molecule has 4 heterocycles. The van der Waals surface area contributed by atoms with Crippen molar-refractivity contribution in [1.29, 1.82) is 5.26 Å². The molecule has 28 heavy (non-hydrogen) atoms. The second-order valence-electron chi connectivity index (χ2n) is 8.44. The first-order valence-electron chi connectivity index (χ1n) is 10.0. The summed E-state index contributed by atoms with van der Waals surface area (Å²) in [4.78, 5) is 4.67. The summed E-state index contributed by atoms with van der Waals surface area (Å²) in [6, 6.07) is 4.35. The van der Waals surface area contributed by atoms with Crippen LogP contribution in [0.1, 0.15) is 61.5 Å². The van der Waals surface area contributed by atoms with Crippen LogP contribution in [-0.2, 0) is 17.8 Å². The van der Waals surface area contributed by atoms with Crippen LogP contribution < -0.4 is 11.1 Å². The van der Waals surface area contributed by atoms with Gasteiger partial charge in [-0.3, -0.25) is 4.68 Å². The van der Waals surface area contributed by atoms with E-state index >= 15 is 0 Å². The van der Waals surface area contributed by atoms with Gasteiger partial charge in [0.2, 0.25) is 0 Å². The summed E-state index contributed by atoms with van der Waals surface area (Å²) in [5, 5.41) is 18.0. The van der Waals surface area contributed by atoms with Gasteiger partial charge in [-0.2, -0.15) is 10.4 Å². The maximum Gasteiger partial charge on any atom is 0.142 e. The number of hydrogen-bond donors (Lipinski definition) is 2. The van der Waals surface area contributed by atoms with E-state index < -0.39 is 0 Å². The molecule has 0 saturated carbocycles. The Hall–Kier alpha value is -2.43. The summed E-state index contributed by atoms with van der Waals surface area (Å²) in [6.45, 7) is 9.64. The average Bonchev–Trinajstić information content (AvgIpc) is 2.91. The van der Waals surface area contributed by atoms with E-state index in [0.29, 0.717) is 18.0 Å². The van der Waals surface area contributed by atoms with E-state index in [-0.39, 0.29) is 11.5 Å². The van der Waals surface area contributed by atoms with Crippen molar-refractivity contribution in [2.24, 2.45) is 0 Å². The van der Waals surface area contributed by atoms with Crippen LogP contribution in [0.2, 0.25) is 0 Å². The molecule has 2 aliphatic rings. The van der Waals surface area contributed by atoms with Crippen molar-refractivity contribution in [3.63, 3.8) is 0 Å². The van der Waals surface area contributed by atoms with Gasteiger partial charge in [-0.15, -0.1) is 0 Å². The number of aromatic nitrogens is 3. The fourth-order valence-electron chi connectivity index (χ4n) is 4.49. The molecule has 3 N–H and O–H groups in total. The van der Waals surface area contributed by atoms with Crippen molar-refractivity contribution in [2.75, 3.05) is 18.9 Å². The number of nitrogens with one attached hydrogen (secondary N) is 1. The van der Waals surface area contributed by atoms with Crippen molar-refractivity contribution in [1.82, 2.24) is 20.1 Å². The van der Waals surface area contributed by atoms with E-state index in [1.165, 1.54) is 0 Å². The lowest BCUT2D eigenvalue weighted by Gasteiger charge is -2.36. The largest absolute Gasteiger partial charge is 0.383 e. The van der Waals surface area contributed by atoms with Crippen molar-refractivity contribution in [2.45, 2.75) is 64.6 Å². The maximum atomic E-state index is 9.78. The quantitative estimate of drug-likeness (QED) is 0.831. The molecule has 4 rings (SSSR count). The minimum Gasteiger partial charge on any atom is -0.383 e. The summed E-state index contributed by atoms with van der Waals surface area (Å²) < 4.78 is 7.93. The number of nitriles is 1. The highest BCUT2D eigenvalue weighted by Gasteiger charge is 2.33. The zero-order valence-electron chi connectivity index (χ0n) is 16.9. The van der Waals surface area contributed by atoms with Gasteiger partial charge in [0, 0.05) is 36.9 Å². The molecule has 0 spiro atoms. The van der Waals surface area contributed by atoms with Crippen LogP contribution in [0.25, 0.3) is 11.3 Å². The van der Waals surface area contributed by atoms with Gasteiger partial charge in [-0.25, -0.2) is 4.98 Å². The van der Waals surface area contributed by atoms with Gasteiger partial charge in [0.05, 0.1) is 17.0 Å². The zero-order chi connectivity index (χ0) is 19.9. The summed E-state index contributed by atoms with van der Waals surface area (Å²) in [5.41, 5.74) is 11.3.